The van der Waals surface area contributed by atoms with Crippen LogP contribution in [0.5, 0.6) is 0 Å². The van der Waals surface area contributed by atoms with Crippen LogP contribution in [0.1, 0.15) is 59.3 Å². The number of hydrogen-bond acceptors (Lipinski definition) is 0. The average molecular weight is 141 g/mol. The van der Waals surface area contributed by atoms with Crippen molar-refractivity contribution in [2.75, 3.05) is 0 Å². The van der Waals surface area contributed by atoms with Crippen LogP contribution in [0.15, 0.2) is 0 Å². The maximum absolute atomic E-state index is 2.30. The fourth-order valence-electron chi connectivity index (χ4n) is 1.08. The van der Waals surface area contributed by atoms with Gasteiger partial charge in [-0.05, 0) is 18.8 Å². The minimum atomic E-state index is 1.34. The van der Waals surface area contributed by atoms with Gasteiger partial charge in [0.1, 0.15) is 0 Å². The summed E-state index contributed by atoms with van der Waals surface area (Å²) in [6.45, 7) is 6.81. The Labute approximate surface area is 66.0 Å². The lowest BCUT2D eigenvalue weighted by molar-refractivity contribution is 0.639. The summed E-state index contributed by atoms with van der Waals surface area (Å²) in [7, 11) is 0. The highest BCUT2D eigenvalue weighted by Crippen LogP contribution is 2.16. The van der Waals surface area contributed by atoms with Crippen molar-refractivity contribution < 1.29 is 0 Å². The minimum absolute atomic E-state index is 1.34. The number of hydrogen-bond donors (Lipinski definition) is 0. The van der Waals surface area contributed by atoms with Gasteiger partial charge in [-0.1, -0.05) is 46.5 Å². The van der Waals surface area contributed by atoms with Gasteiger partial charge in [-0.15, -0.1) is 0 Å². The number of unbranched alkanes of at least 4 members (excludes halogenated alkanes) is 2. The smallest absolute Gasteiger partial charge is 0.0272 e. The Morgan fingerprint density at radius 2 is 1.30 bits per heavy atom. The van der Waals surface area contributed by atoms with Crippen molar-refractivity contribution in [2.45, 2.75) is 59.3 Å². The van der Waals surface area contributed by atoms with Crippen molar-refractivity contribution in [3.8, 4) is 0 Å². The van der Waals surface area contributed by atoms with Gasteiger partial charge in [-0.2, -0.15) is 0 Å². The summed E-state index contributed by atoms with van der Waals surface area (Å²) in [5.41, 5.74) is 0. The molecule has 0 aromatic carbocycles. The first-order chi connectivity index (χ1) is 4.81. The summed E-state index contributed by atoms with van der Waals surface area (Å²) in [5, 5.41) is 0. The third-order valence-electron chi connectivity index (χ3n) is 1.91. The molecule has 0 aliphatic heterocycles. The van der Waals surface area contributed by atoms with Crippen molar-refractivity contribution in [3.63, 3.8) is 0 Å². The van der Waals surface area contributed by atoms with Gasteiger partial charge >= 0.3 is 0 Å². The van der Waals surface area contributed by atoms with Crippen LogP contribution in [0, 0.1) is 5.92 Å². The van der Waals surface area contributed by atoms with E-state index in [0.29, 0.717) is 0 Å². The van der Waals surface area contributed by atoms with Gasteiger partial charge in [-0.3, -0.25) is 0 Å². The highest BCUT2D eigenvalue weighted by Gasteiger charge is 1.99. The molecule has 0 atom stereocenters. The summed E-state index contributed by atoms with van der Waals surface area (Å²) < 4.78 is 0. The lowest BCUT2D eigenvalue weighted by Gasteiger charge is -2.07. The Hall–Kier alpha value is 0. The van der Waals surface area contributed by atoms with Crippen LogP contribution in [0.4, 0.5) is 0 Å². The molecular weight excluding hydrogens is 120 g/mol. The molecule has 0 heterocycles. The van der Waals surface area contributed by atoms with Crippen molar-refractivity contribution in [2.24, 2.45) is 0 Å². The van der Waals surface area contributed by atoms with Crippen molar-refractivity contribution in [1.29, 1.82) is 0 Å². The third-order valence-corrected chi connectivity index (χ3v) is 1.91. The van der Waals surface area contributed by atoms with Crippen molar-refractivity contribution in [3.05, 3.63) is 5.92 Å². The van der Waals surface area contributed by atoms with Crippen LogP contribution in [0.3, 0.4) is 0 Å². The van der Waals surface area contributed by atoms with E-state index in [1.807, 2.05) is 0 Å². The monoisotopic (exact) mass is 141 g/mol. The fourth-order valence-corrected chi connectivity index (χ4v) is 1.08. The first-order valence-corrected chi connectivity index (χ1v) is 4.62. The zero-order valence-corrected chi connectivity index (χ0v) is 7.74. The first-order valence-electron chi connectivity index (χ1n) is 4.62. The van der Waals surface area contributed by atoms with Gasteiger partial charge in [-0.25, -0.2) is 0 Å². The van der Waals surface area contributed by atoms with E-state index in [1.54, 1.807) is 5.92 Å². The molecule has 0 fully saturated rings. The lowest BCUT2D eigenvalue weighted by atomic mass is 9.98. The van der Waals surface area contributed by atoms with Crippen LogP contribution in [-0.4, -0.2) is 0 Å². The molecule has 0 spiro atoms. The van der Waals surface area contributed by atoms with Gasteiger partial charge in [0, 0.05) is 0 Å². The molecule has 1 radical (unpaired) electrons. The topological polar surface area (TPSA) is 0 Å². The van der Waals surface area contributed by atoms with E-state index < -0.39 is 0 Å². The van der Waals surface area contributed by atoms with Crippen molar-refractivity contribution >= 4 is 0 Å². The molecule has 0 aromatic heterocycles. The molecule has 0 aliphatic carbocycles. The summed E-state index contributed by atoms with van der Waals surface area (Å²) in [4.78, 5) is 0. The Kier molecular flexibility index (Phi) is 7.11. The predicted molar refractivity (Wildman–Crippen MR) is 48.0 cm³/mol. The van der Waals surface area contributed by atoms with Gasteiger partial charge in [0.15, 0.2) is 0 Å². The summed E-state index contributed by atoms with van der Waals surface area (Å²) in [6, 6.07) is 0. The Morgan fingerprint density at radius 3 is 1.60 bits per heavy atom. The lowest BCUT2D eigenvalue weighted by Crippen LogP contribution is -1.90. The molecule has 0 saturated carbocycles. The molecule has 0 nitrogen and oxygen atoms in total. The van der Waals surface area contributed by atoms with Crippen LogP contribution in [0.25, 0.3) is 0 Å². The maximum atomic E-state index is 2.30. The molecule has 0 aromatic rings. The standard InChI is InChI=1S/C10H21/c1-4-6-8-10(3)9-7-5-2/h4-9H2,1-3H3. The Balaban J connectivity index is 3.00. The highest BCUT2D eigenvalue weighted by atomic mass is 14.0. The van der Waals surface area contributed by atoms with E-state index in [9.17, 15) is 0 Å². The normalized spacial score (nSPS) is 10.8. The van der Waals surface area contributed by atoms with Gasteiger partial charge in [0.2, 0.25) is 0 Å². The predicted octanol–water partition coefficient (Wildman–Crippen LogP) is 3.96. The zero-order valence-electron chi connectivity index (χ0n) is 7.74. The van der Waals surface area contributed by atoms with Crippen LogP contribution in [-0.2, 0) is 0 Å². The van der Waals surface area contributed by atoms with E-state index in [1.165, 1.54) is 38.5 Å². The van der Waals surface area contributed by atoms with Gasteiger partial charge in [0.05, 0.1) is 0 Å². The second-order valence-corrected chi connectivity index (χ2v) is 3.16. The molecule has 0 heteroatoms. The Morgan fingerprint density at radius 1 is 0.900 bits per heavy atom. The zero-order chi connectivity index (χ0) is 7.82. The van der Waals surface area contributed by atoms with Crippen LogP contribution < -0.4 is 0 Å². The van der Waals surface area contributed by atoms with Gasteiger partial charge < -0.3 is 0 Å². The quantitative estimate of drug-likeness (QED) is 0.525. The average Bonchev–Trinajstić information content (AvgIpc) is 1.97. The SMILES string of the molecule is CCCC[C](C)CCCC. The molecule has 0 bridgehead atoms. The molecule has 0 aliphatic rings. The van der Waals surface area contributed by atoms with Crippen LogP contribution >= 0.6 is 0 Å². The summed E-state index contributed by atoms with van der Waals surface area (Å²) >= 11 is 0. The summed E-state index contributed by atoms with van der Waals surface area (Å²) in [5.74, 6) is 1.70. The van der Waals surface area contributed by atoms with Gasteiger partial charge in [0.25, 0.3) is 0 Å². The van der Waals surface area contributed by atoms with E-state index in [-0.39, 0.29) is 0 Å². The maximum Gasteiger partial charge on any atom is -0.0272 e. The Bertz CT molecular complexity index is 49.1. The van der Waals surface area contributed by atoms with E-state index in [0.717, 1.165) is 0 Å². The molecular formula is C10H21. The molecule has 0 saturated heterocycles. The first kappa shape index (κ1) is 10.0. The third kappa shape index (κ3) is 6.12. The van der Waals surface area contributed by atoms with Crippen molar-refractivity contribution in [1.82, 2.24) is 0 Å². The second kappa shape index (κ2) is 7.11. The second-order valence-electron chi connectivity index (χ2n) is 3.16. The molecule has 61 valence electrons. The fraction of sp³-hybridized carbons (Fsp3) is 0.900. The molecule has 0 amide bonds. The molecule has 0 unspecified atom stereocenters. The van der Waals surface area contributed by atoms with E-state index >= 15 is 0 Å². The van der Waals surface area contributed by atoms with E-state index in [4.69, 9.17) is 0 Å². The molecule has 0 rings (SSSR count). The van der Waals surface area contributed by atoms with E-state index in [2.05, 4.69) is 20.8 Å². The van der Waals surface area contributed by atoms with Crippen LogP contribution in [0.2, 0.25) is 0 Å². The summed E-state index contributed by atoms with van der Waals surface area (Å²) in [6.07, 6.45) is 8.16. The molecule has 10 heavy (non-hydrogen) atoms. The minimum Gasteiger partial charge on any atom is -0.0654 e. The molecule has 0 N–H and O–H groups in total. The largest absolute Gasteiger partial charge is 0.0654 e. The highest BCUT2D eigenvalue weighted by molar-refractivity contribution is 4.82. The number of rotatable bonds is 6.